The molecule has 2 aliphatic heterocycles. The largest absolute Gasteiger partial charge is 0.342 e. The number of nitrogens with zero attached hydrogens (tertiary/aromatic N) is 2. The first-order valence-electron chi connectivity index (χ1n) is 10.4. The number of carbonyl (C=O) groups excluding carboxylic acids is 2. The molecule has 28 heavy (non-hydrogen) atoms. The molecule has 1 unspecified atom stereocenters. The van der Waals surface area contributed by atoms with Crippen molar-refractivity contribution in [1.29, 1.82) is 0 Å². The summed E-state index contributed by atoms with van der Waals surface area (Å²) in [5, 5.41) is 3.42. The predicted octanol–water partition coefficient (Wildman–Crippen LogP) is 3.20. The van der Waals surface area contributed by atoms with Crippen molar-refractivity contribution in [2.45, 2.75) is 39.5 Å². The second-order valence-corrected chi connectivity index (χ2v) is 8.30. The van der Waals surface area contributed by atoms with E-state index in [1.165, 1.54) is 0 Å². The van der Waals surface area contributed by atoms with Crippen LogP contribution in [0.2, 0.25) is 0 Å². The molecule has 1 aromatic carbocycles. The van der Waals surface area contributed by atoms with E-state index in [2.05, 4.69) is 12.2 Å². The molecule has 6 heteroatoms. The third kappa shape index (κ3) is 5.26. The van der Waals surface area contributed by atoms with Gasteiger partial charge in [0.1, 0.15) is 0 Å². The van der Waals surface area contributed by atoms with Crippen LogP contribution in [-0.4, -0.2) is 60.9 Å². The molecule has 2 fully saturated rings. The number of rotatable bonds is 5. The molecule has 1 aromatic rings. The van der Waals surface area contributed by atoms with Crippen molar-refractivity contribution in [2.75, 3.05) is 39.3 Å². The quantitative estimate of drug-likeness (QED) is 0.815. The van der Waals surface area contributed by atoms with Crippen LogP contribution in [0.5, 0.6) is 0 Å². The summed E-state index contributed by atoms with van der Waals surface area (Å²) >= 11 is 0. The second-order valence-electron chi connectivity index (χ2n) is 8.30. The molecule has 3 rings (SSSR count). The van der Waals surface area contributed by atoms with Gasteiger partial charge < -0.3 is 15.1 Å². The van der Waals surface area contributed by atoms with E-state index in [1.807, 2.05) is 47.1 Å². The number of hydrogen-bond acceptors (Lipinski definition) is 3. The minimum Gasteiger partial charge on any atom is -0.342 e. The van der Waals surface area contributed by atoms with Crippen LogP contribution in [0, 0.1) is 11.3 Å². The highest BCUT2D eigenvalue weighted by Crippen LogP contribution is 2.33. The van der Waals surface area contributed by atoms with Gasteiger partial charge in [0.05, 0.1) is 5.41 Å². The summed E-state index contributed by atoms with van der Waals surface area (Å²) in [6.45, 7) is 9.18. The maximum atomic E-state index is 13.3. The molecule has 1 atom stereocenters. The standard InChI is InChI=1S/C22H33N3O2.ClH/c1-3-23-16-18-10-14-24(15-11-18)21(27)22(2)12-7-13-25(17-22)20(26)19-8-5-4-6-9-19;/h4-6,8-9,18,23H,3,7,10-17H2,1-2H3;1H. The number of carbonyl (C=O) groups is 2. The first-order valence-corrected chi connectivity index (χ1v) is 10.4. The van der Waals surface area contributed by atoms with Gasteiger partial charge in [-0.15, -0.1) is 12.4 Å². The third-order valence-corrected chi connectivity index (χ3v) is 6.11. The SMILES string of the molecule is CCNCC1CCN(C(=O)C2(C)CCCN(C(=O)c3ccccc3)C2)CC1.Cl. The molecule has 2 saturated heterocycles. The van der Waals surface area contributed by atoms with Crippen LogP contribution in [0.15, 0.2) is 30.3 Å². The Balaban J connectivity index is 0.00000280. The van der Waals surface area contributed by atoms with Crippen molar-refractivity contribution in [1.82, 2.24) is 15.1 Å². The Bertz CT molecular complexity index is 646. The minimum atomic E-state index is -0.461. The molecule has 0 saturated carbocycles. The van der Waals surface area contributed by atoms with Crippen LogP contribution in [-0.2, 0) is 4.79 Å². The zero-order chi connectivity index (χ0) is 19.3. The van der Waals surface area contributed by atoms with Gasteiger partial charge >= 0.3 is 0 Å². The Labute approximate surface area is 175 Å². The molecule has 2 amide bonds. The van der Waals surface area contributed by atoms with E-state index in [0.717, 1.165) is 58.4 Å². The van der Waals surface area contributed by atoms with E-state index in [0.29, 0.717) is 18.0 Å². The van der Waals surface area contributed by atoms with Crippen molar-refractivity contribution in [3.8, 4) is 0 Å². The Hall–Kier alpha value is -1.59. The molecule has 0 bridgehead atoms. The van der Waals surface area contributed by atoms with E-state index in [4.69, 9.17) is 0 Å². The van der Waals surface area contributed by atoms with Gasteiger partial charge in [0.25, 0.3) is 5.91 Å². The second kappa shape index (κ2) is 10.3. The van der Waals surface area contributed by atoms with Crippen LogP contribution in [0.4, 0.5) is 0 Å². The molecule has 1 N–H and O–H groups in total. The number of nitrogens with one attached hydrogen (secondary N) is 1. The van der Waals surface area contributed by atoms with Crippen LogP contribution in [0.25, 0.3) is 0 Å². The predicted molar refractivity (Wildman–Crippen MR) is 115 cm³/mol. The Morgan fingerprint density at radius 3 is 2.43 bits per heavy atom. The Morgan fingerprint density at radius 2 is 1.79 bits per heavy atom. The van der Waals surface area contributed by atoms with Crippen LogP contribution < -0.4 is 5.32 Å². The lowest BCUT2D eigenvalue weighted by Crippen LogP contribution is -2.54. The molecular weight excluding hydrogens is 374 g/mol. The minimum absolute atomic E-state index is 0. The first-order chi connectivity index (χ1) is 13.0. The summed E-state index contributed by atoms with van der Waals surface area (Å²) in [5.41, 5.74) is 0.246. The van der Waals surface area contributed by atoms with E-state index in [1.54, 1.807) is 0 Å². The zero-order valence-corrected chi connectivity index (χ0v) is 18.0. The van der Waals surface area contributed by atoms with Crippen LogP contribution in [0.1, 0.15) is 49.9 Å². The van der Waals surface area contributed by atoms with E-state index in [9.17, 15) is 9.59 Å². The normalized spacial score (nSPS) is 23.2. The third-order valence-electron chi connectivity index (χ3n) is 6.11. The number of amides is 2. The summed E-state index contributed by atoms with van der Waals surface area (Å²) < 4.78 is 0. The fourth-order valence-corrected chi connectivity index (χ4v) is 4.42. The number of halogens is 1. The van der Waals surface area contributed by atoms with Crippen molar-refractivity contribution < 1.29 is 9.59 Å². The van der Waals surface area contributed by atoms with Gasteiger partial charge in [0, 0.05) is 31.7 Å². The lowest BCUT2D eigenvalue weighted by Gasteiger charge is -2.43. The summed E-state index contributed by atoms with van der Waals surface area (Å²) in [7, 11) is 0. The Kier molecular flexibility index (Phi) is 8.32. The molecule has 5 nitrogen and oxygen atoms in total. The van der Waals surface area contributed by atoms with Gasteiger partial charge in [-0.25, -0.2) is 0 Å². The van der Waals surface area contributed by atoms with Gasteiger partial charge in [0.2, 0.25) is 5.91 Å². The molecule has 2 heterocycles. The van der Waals surface area contributed by atoms with Crippen molar-refractivity contribution in [3.63, 3.8) is 0 Å². The highest BCUT2D eigenvalue weighted by molar-refractivity contribution is 5.95. The van der Waals surface area contributed by atoms with Gasteiger partial charge in [-0.1, -0.05) is 25.1 Å². The monoisotopic (exact) mass is 407 g/mol. The van der Waals surface area contributed by atoms with E-state index >= 15 is 0 Å². The number of hydrogen-bond donors (Lipinski definition) is 1. The summed E-state index contributed by atoms with van der Waals surface area (Å²) in [5.74, 6) is 0.943. The summed E-state index contributed by atoms with van der Waals surface area (Å²) in [4.78, 5) is 30.0. The van der Waals surface area contributed by atoms with Crippen molar-refractivity contribution in [2.24, 2.45) is 11.3 Å². The highest BCUT2D eigenvalue weighted by Gasteiger charge is 2.42. The van der Waals surface area contributed by atoms with Crippen LogP contribution >= 0.6 is 12.4 Å². The smallest absolute Gasteiger partial charge is 0.253 e. The number of likely N-dealkylation sites (tertiary alicyclic amines) is 2. The van der Waals surface area contributed by atoms with Crippen molar-refractivity contribution >= 4 is 24.2 Å². The number of benzene rings is 1. The first kappa shape index (κ1) is 22.7. The average Bonchev–Trinajstić information content (AvgIpc) is 2.72. The van der Waals surface area contributed by atoms with Gasteiger partial charge in [-0.2, -0.15) is 0 Å². The molecule has 0 radical (unpaired) electrons. The average molecular weight is 408 g/mol. The summed E-state index contributed by atoms with van der Waals surface area (Å²) in [6, 6.07) is 9.40. The maximum Gasteiger partial charge on any atom is 0.253 e. The summed E-state index contributed by atoms with van der Waals surface area (Å²) in [6.07, 6.45) is 3.89. The molecule has 2 aliphatic rings. The lowest BCUT2D eigenvalue weighted by molar-refractivity contribution is -0.145. The topological polar surface area (TPSA) is 52.7 Å². The van der Waals surface area contributed by atoms with E-state index in [-0.39, 0.29) is 24.2 Å². The maximum absolute atomic E-state index is 13.3. The fraction of sp³-hybridized carbons (Fsp3) is 0.636. The fourth-order valence-electron chi connectivity index (χ4n) is 4.42. The highest BCUT2D eigenvalue weighted by atomic mass is 35.5. The van der Waals surface area contributed by atoms with Crippen molar-refractivity contribution in [3.05, 3.63) is 35.9 Å². The van der Waals surface area contributed by atoms with E-state index < -0.39 is 5.41 Å². The molecule has 0 aromatic heterocycles. The zero-order valence-electron chi connectivity index (χ0n) is 17.2. The number of piperidine rings is 2. The Morgan fingerprint density at radius 1 is 1.11 bits per heavy atom. The molecule has 156 valence electrons. The lowest BCUT2D eigenvalue weighted by atomic mass is 9.79. The molecule has 0 spiro atoms. The van der Waals surface area contributed by atoms with Crippen LogP contribution in [0.3, 0.4) is 0 Å². The van der Waals surface area contributed by atoms with Gasteiger partial charge in [-0.05, 0) is 63.7 Å². The molecule has 0 aliphatic carbocycles. The van der Waals surface area contributed by atoms with Gasteiger partial charge in [-0.3, -0.25) is 9.59 Å². The molecular formula is C22H34ClN3O2. The van der Waals surface area contributed by atoms with Gasteiger partial charge in [0.15, 0.2) is 0 Å².